The number of carbonyl (C=O) groups is 1. The SMILES string of the molecule is O=C1NCCCC1NCc1ccc(-c2ccccc2)s1. The van der Waals surface area contributed by atoms with Gasteiger partial charge in [-0.2, -0.15) is 0 Å². The molecule has 1 aromatic carbocycles. The number of amides is 1. The van der Waals surface area contributed by atoms with Gasteiger partial charge in [-0.1, -0.05) is 30.3 Å². The summed E-state index contributed by atoms with van der Waals surface area (Å²) in [5, 5.41) is 6.25. The second-order valence-corrected chi connectivity index (χ2v) is 6.17. The molecular formula is C16H18N2OS. The monoisotopic (exact) mass is 286 g/mol. The molecule has 3 rings (SSSR count). The smallest absolute Gasteiger partial charge is 0.237 e. The van der Waals surface area contributed by atoms with Crippen LogP contribution in [0.2, 0.25) is 0 Å². The van der Waals surface area contributed by atoms with Gasteiger partial charge in [0, 0.05) is 22.8 Å². The van der Waals surface area contributed by atoms with Gasteiger partial charge in [0.05, 0.1) is 6.04 Å². The zero-order valence-electron chi connectivity index (χ0n) is 11.3. The summed E-state index contributed by atoms with van der Waals surface area (Å²) in [6, 6.07) is 14.6. The molecule has 0 aliphatic carbocycles. The van der Waals surface area contributed by atoms with E-state index < -0.39 is 0 Å². The van der Waals surface area contributed by atoms with Gasteiger partial charge in [0.2, 0.25) is 5.91 Å². The third-order valence-corrected chi connectivity index (χ3v) is 4.66. The lowest BCUT2D eigenvalue weighted by atomic mass is 10.1. The van der Waals surface area contributed by atoms with Crippen LogP contribution in [0.5, 0.6) is 0 Å². The first-order chi connectivity index (χ1) is 9.83. The van der Waals surface area contributed by atoms with Gasteiger partial charge in [0.1, 0.15) is 0 Å². The van der Waals surface area contributed by atoms with Crippen LogP contribution in [0.25, 0.3) is 10.4 Å². The van der Waals surface area contributed by atoms with Crippen molar-refractivity contribution in [2.45, 2.75) is 25.4 Å². The molecule has 2 heterocycles. The van der Waals surface area contributed by atoms with Crippen LogP contribution < -0.4 is 10.6 Å². The zero-order chi connectivity index (χ0) is 13.8. The fourth-order valence-corrected chi connectivity index (χ4v) is 3.39. The first-order valence-electron chi connectivity index (χ1n) is 6.98. The summed E-state index contributed by atoms with van der Waals surface area (Å²) in [5.74, 6) is 0.135. The Morgan fingerprint density at radius 3 is 2.85 bits per heavy atom. The van der Waals surface area contributed by atoms with Gasteiger partial charge in [0.25, 0.3) is 0 Å². The summed E-state index contributed by atoms with van der Waals surface area (Å²) >= 11 is 1.78. The van der Waals surface area contributed by atoms with Crippen LogP contribution in [0.1, 0.15) is 17.7 Å². The van der Waals surface area contributed by atoms with Crippen LogP contribution in [0.3, 0.4) is 0 Å². The molecule has 0 spiro atoms. The highest BCUT2D eigenvalue weighted by Gasteiger charge is 2.21. The van der Waals surface area contributed by atoms with Gasteiger partial charge in [-0.05, 0) is 30.5 Å². The number of thiophene rings is 1. The fraction of sp³-hybridized carbons (Fsp3) is 0.312. The molecule has 20 heavy (non-hydrogen) atoms. The van der Waals surface area contributed by atoms with Gasteiger partial charge in [-0.3, -0.25) is 4.79 Å². The molecule has 3 nitrogen and oxygen atoms in total. The van der Waals surface area contributed by atoms with Crippen molar-refractivity contribution in [3.8, 4) is 10.4 Å². The third-order valence-electron chi connectivity index (χ3n) is 3.53. The molecule has 0 saturated carbocycles. The van der Waals surface area contributed by atoms with Gasteiger partial charge in [-0.25, -0.2) is 0 Å². The van der Waals surface area contributed by atoms with Gasteiger partial charge < -0.3 is 10.6 Å². The van der Waals surface area contributed by atoms with E-state index in [9.17, 15) is 4.79 Å². The lowest BCUT2D eigenvalue weighted by Gasteiger charge is -2.22. The van der Waals surface area contributed by atoms with Crippen molar-refractivity contribution in [3.05, 3.63) is 47.3 Å². The molecule has 104 valence electrons. The second kappa shape index (κ2) is 6.20. The summed E-state index contributed by atoms with van der Waals surface area (Å²) < 4.78 is 0. The minimum Gasteiger partial charge on any atom is -0.355 e. The van der Waals surface area contributed by atoms with Crippen molar-refractivity contribution in [2.24, 2.45) is 0 Å². The van der Waals surface area contributed by atoms with Crippen LogP contribution in [0, 0.1) is 0 Å². The molecule has 4 heteroatoms. The number of carbonyl (C=O) groups excluding carboxylic acids is 1. The number of hydrogen-bond donors (Lipinski definition) is 2. The maximum atomic E-state index is 11.7. The van der Waals surface area contributed by atoms with E-state index in [2.05, 4.69) is 47.0 Å². The maximum Gasteiger partial charge on any atom is 0.237 e. The van der Waals surface area contributed by atoms with Crippen molar-refractivity contribution in [1.29, 1.82) is 0 Å². The second-order valence-electron chi connectivity index (χ2n) is 5.00. The van der Waals surface area contributed by atoms with Crippen LogP contribution in [0.15, 0.2) is 42.5 Å². The van der Waals surface area contributed by atoms with Crippen LogP contribution in [-0.4, -0.2) is 18.5 Å². The molecule has 0 bridgehead atoms. The maximum absolute atomic E-state index is 11.7. The molecule has 0 radical (unpaired) electrons. The van der Waals surface area contributed by atoms with E-state index in [4.69, 9.17) is 0 Å². The molecule has 1 saturated heterocycles. The first kappa shape index (κ1) is 13.3. The summed E-state index contributed by atoms with van der Waals surface area (Å²) in [6.07, 6.45) is 1.99. The van der Waals surface area contributed by atoms with E-state index in [1.165, 1.54) is 15.3 Å². The van der Waals surface area contributed by atoms with Crippen molar-refractivity contribution in [3.63, 3.8) is 0 Å². The molecule has 1 aromatic heterocycles. The Balaban J connectivity index is 1.61. The minimum absolute atomic E-state index is 0.0361. The molecule has 1 aliphatic heterocycles. The predicted molar refractivity (Wildman–Crippen MR) is 82.6 cm³/mol. The summed E-state index contributed by atoms with van der Waals surface area (Å²) in [5.41, 5.74) is 1.25. The lowest BCUT2D eigenvalue weighted by Crippen LogP contribution is -2.47. The topological polar surface area (TPSA) is 41.1 Å². The van der Waals surface area contributed by atoms with E-state index in [-0.39, 0.29) is 11.9 Å². The van der Waals surface area contributed by atoms with Gasteiger partial charge >= 0.3 is 0 Å². The molecule has 2 aromatic rings. The van der Waals surface area contributed by atoms with E-state index in [1.54, 1.807) is 11.3 Å². The number of benzene rings is 1. The first-order valence-corrected chi connectivity index (χ1v) is 7.80. The number of rotatable bonds is 4. The van der Waals surface area contributed by atoms with Crippen molar-refractivity contribution >= 4 is 17.2 Å². The Kier molecular flexibility index (Phi) is 4.14. The van der Waals surface area contributed by atoms with Gasteiger partial charge in [0.15, 0.2) is 0 Å². The van der Waals surface area contributed by atoms with Crippen LogP contribution in [-0.2, 0) is 11.3 Å². The minimum atomic E-state index is -0.0361. The van der Waals surface area contributed by atoms with E-state index in [0.717, 1.165) is 25.9 Å². The van der Waals surface area contributed by atoms with Gasteiger partial charge in [-0.15, -0.1) is 11.3 Å². The highest BCUT2D eigenvalue weighted by Crippen LogP contribution is 2.27. The van der Waals surface area contributed by atoms with Crippen molar-refractivity contribution in [1.82, 2.24) is 10.6 Å². The predicted octanol–water partition coefficient (Wildman–Crippen LogP) is 2.78. The molecule has 1 atom stereocenters. The number of hydrogen-bond acceptors (Lipinski definition) is 3. The summed E-state index contributed by atoms with van der Waals surface area (Å²) in [7, 11) is 0. The normalized spacial score (nSPS) is 18.8. The highest BCUT2D eigenvalue weighted by atomic mass is 32.1. The fourth-order valence-electron chi connectivity index (χ4n) is 2.42. The van der Waals surface area contributed by atoms with E-state index in [0.29, 0.717) is 0 Å². The lowest BCUT2D eigenvalue weighted by molar-refractivity contribution is -0.124. The summed E-state index contributed by atoms with van der Waals surface area (Å²) in [6.45, 7) is 1.57. The molecule has 1 unspecified atom stereocenters. The average Bonchev–Trinajstić information content (AvgIpc) is 2.96. The Morgan fingerprint density at radius 2 is 2.05 bits per heavy atom. The largest absolute Gasteiger partial charge is 0.355 e. The van der Waals surface area contributed by atoms with E-state index >= 15 is 0 Å². The highest BCUT2D eigenvalue weighted by molar-refractivity contribution is 7.15. The third kappa shape index (κ3) is 3.08. The molecular weight excluding hydrogens is 268 g/mol. The Labute approximate surface area is 123 Å². The Bertz CT molecular complexity index is 579. The van der Waals surface area contributed by atoms with Crippen LogP contribution >= 0.6 is 11.3 Å². The van der Waals surface area contributed by atoms with Crippen molar-refractivity contribution < 1.29 is 4.79 Å². The molecule has 2 N–H and O–H groups in total. The molecule has 1 aliphatic rings. The average molecular weight is 286 g/mol. The number of nitrogens with one attached hydrogen (secondary N) is 2. The molecule has 1 amide bonds. The standard InChI is InChI=1S/C16H18N2OS/c19-16-14(7-4-10-17-16)18-11-13-8-9-15(20-13)12-5-2-1-3-6-12/h1-3,5-6,8-9,14,18H,4,7,10-11H2,(H,17,19). The summed E-state index contributed by atoms with van der Waals surface area (Å²) in [4.78, 5) is 14.2. The Hall–Kier alpha value is -1.65. The number of piperidine rings is 1. The van der Waals surface area contributed by atoms with Crippen LogP contribution in [0.4, 0.5) is 0 Å². The quantitative estimate of drug-likeness (QED) is 0.907. The van der Waals surface area contributed by atoms with E-state index in [1.807, 2.05) is 6.07 Å². The van der Waals surface area contributed by atoms with Crippen molar-refractivity contribution in [2.75, 3.05) is 6.54 Å². The molecule has 1 fully saturated rings. The zero-order valence-corrected chi connectivity index (χ0v) is 12.1. The Morgan fingerprint density at radius 1 is 1.20 bits per heavy atom.